The lowest BCUT2D eigenvalue weighted by atomic mass is 9.99. The van der Waals surface area contributed by atoms with Crippen molar-refractivity contribution in [3.63, 3.8) is 0 Å². The van der Waals surface area contributed by atoms with Gasteiger partial charge in [-0.1, -0.05) is 82.7 Å². The maximum absolute atomic E-state index is 2.43. The predicted octanol–water partition coefficient (Wildman–Crippen LogP) is 12.3. The van der Waals surface area contributed by atoms with Gasteiger partial charge in [-0.15, -0.1) is 22.7 Å². The molecule has 0 fully saturated rings. The van der Waals surface area contributed by atoms with Crippen molar-refractivity contribution in [3.05, 3.63) is 83.2 Å². The fraction of sp³-hybridized carbons (Fsp3) is 0.333. The summed E-state index contributed by atoms with van der Waals surface area (Å²) in [6.45, 7) is 4.56. The van der Waals surface area contributed by atoms with Crippen molar-refractivity contribution in [2.45, 2.75) is 78.1 Å². The van der Waals surface area contributed by atoms with Gasteiger partial charge in [0.15, 0.2) is 0 Å². The van der Waals surface area contributed by atoms with Crippen LogP contribution < -0.4 is 0 Å². The van der Waals surface area contributed by atoms with Crippen molar-refractivity contribution < 1.29 is 0 Å². The van der Waals surface area contributed by atoms with Crippen LogP contribution in [0.25, 0.3) is 52.2 Å². The molecule has 0 saturated carbocycles. The molecular formula is C36H38S2. The highest BCUT2D eigenvalue weighted by molar-refractivity contribution is 7.26. The summed E-state index contributed by atoms with van der Waals surface area (Å²) in [5.41, 5.74) is 2.82. The summed E-state index contributed by atoms with van der Waals surface area (Å²) in [6, 6.07) is 28.5. The highest BCUT2D eigenvalue weighted by atomic mass is 32.1. The standard InChI is InChI=1S/C36H38S2/c1-3-5-7-9-11-25-13-14-26-21-32-33-22-27-15-16-28(34-18-17-31(37-34)12-10-8-6-4-2)20-30(27)24-36(33)38-35(32)23-29(26)19-25/h13-24H,3-12H2,1-2H3. The second-order valence-corrected chi connectivity index (χ2v) is 13.2. The molecule has 2 aromatic heterocycles. The number of hydrogen-bond donors (Lipinski definition) is 0. The Labute approximate surface area is 235 Å². The first kappa shape index (κ1) is 25.6. The van der Waals surface area contributed by atoms with Crippen LogP contribution in [0, 0.1) is 0 Å². The van der Waals surface area contributed by atoms with Crippen molar-refractivity contribution in [1.82, 2.24) is 0 Å². The van der Waals surface area contributed by atoms with E-state index in [1.807, 2.05) is 22.7 Å². The minimum absolute atomic E-state index is 1.19. The van der Waals surface area contributed by atoms with Gasteiger partial charge >= 0.3 is 0 Å². The van der Waals surface area contributed by atoms with Crippen LogP contribution in [0.15, 0.2) is 72.8 Å². The van der Waals surface area contributed by atoms with E-state index in [-0.39, 0.29) is 0 Å². The van der Waals surface area contributed by atoms with Crippen LogP contribution in [-0.2, 0) is 12.8 Å². The van der Waals surface area contributed by atoms with Gasteiger partial charge in [0.05, 0.1) is 0 Å². The smallest absolute Gasteiger partial charge is 0.0361 e. The van der Waals surface area contributed by atoms with Gasteiger partial charge in [0.2, 0.25) is 0 Å². The average molecular weight is 535 g/mol. The highest BCUT2D eigenvalue weighted by Gasteiger charge is 2.11. The van der Waals surface area contributed by atoms with E-state index in [2.05, 4.69) is 86.6 Å². The van der Waals surface area contributed by atoms with Crippen molar-refractivity contribution in [1.29, 1.82) is 0 Å². The number of unbranched alkanes of at least 4 members (excludes halogenated alkanes) is 6. The van der Waals surface area contributed by atoms with Crippen LogP contribution in [-0.4, -0.2) is 0 Å². The number of thiophene rings is 2. The molecule has 0 amide bonds. The Bertz CT molecular complexity index is 1700. The third-order valence-electron chi connectivity index (χ3n) is 7.99. The number of hydrogen-bond acceptors (Lipinski definition) is 2. The largest absolute Gasteiger partial charge is 0.140 e. The Morgan fingerprint density at radius 3 is 1.87 bits per heavy atom. The quantitative estimate of drug-likeness (QED) is 0.145. The Kier molecular flexibility index (Phi) is 7.81. The molecule has 0 unspecified atom stereocenters. The first-order chi connectivity index (χ1) is 18.7. The molecule has 4 aromatic carbocycles. The van der Waals surface area contributed by atoms with Crippen molar-refractivity contribution in [2.75, 3.05) is 0 Å². The molecule has 2 heteroatoms. The summed E-state index contributed by atoms with van der Waals surface area (Å²) in [5, 5.41) is 8.20. The molecule has 0 spiro atoms. The maximum Gasteiger partial charge on any atom is 0.0361 e. The molecule has 0 atom stereocenters. The van der Waals surface area contributed by atoms with Gasteiger partial charge < -0.3 is 0 Å². The lowest BCUT2D eigenvalue weighted by Crippen LogP contribution is -1.86. The number of aryl methyl sites for hydroxylation is 2. The molecule has 0 radical (unpaired) electrons. The van der Waals surface area contributed by atoms with Crippen LogP contribution in [0.2, 0.25) is 0 Å². The lowest BCUT2D eigenvalue weighted by molar-refractivity contribution is 0.667. The lowest BCUT2D eigenvalue weighted by Gasteiger charge is -2.05. The van der Waals surface area contributed by atoms with Crippen molar-refractivity contribution >= 4 is 64.4 Å². The molecule has 0 aliphatic carbocycles. The van der Waals surface area contributed by atoms with Gasteiger partial charge in [-0.2, -0.15) is 0 Å². The van der Waals surface area contributed by atoms with E-state index in [9.17, 15) is 0 Å². The molecule has 38 heavy (non-hydrogen) atoms. The molecule has 0 aliphatic rings. The Balaban J connectivity index is 1.30. The number of fused-ring (bicyclic) bond motifs is 5. The summed E-state index contributed by atoms with van der Waals surface area (Å²) in [5.74, 6) is 0. The van der Waals surface area contributed by atoms with Crippen LogP contribution in [0.5, 0.6) is 0 Å². The summed E-state index contributed by atoms with van der Waals surface area (Å²) in [6.07, 6.45) is 13.0. The van der Waals surface area contributed by atoms with E-state index in [0.29, 0.717) is 0 Å². The summed E-state index contributed by atoms with van der Waals surface area (Å²) < 4.78 is 2.79. The molecule has 0 nitrogen and oxygen atoms in total. The molecule has 194 valence electrons. The first-order valence-electron chi connectivity index (χ1n) is 14.6. The van der Waals surface area contributed by atoms with Gasteiger partial charge in [-0.3, -0.25) is 0 Å². The minimum atomic E-state index is 1.19. The third kappa shape index (κ3) is 5.40. The topological polar surface area (TPSA) is 0 Å². The van der Waals surface area contributed by atoms with Crippen LogP contribution in [0.4, 0.5) is 0 Å². The van der Waals surface area contributed by atoms with Crippen LogP contribution in [0.3, 0.4) is 0 Å². The van der Waals surface area contributed by atoms with Gasteiger partial charge in [0.25, 0.3) is 0 Å². The van der Waals surface area contributed by atoms with E-state index >= 15 is 0 Å². The highest BCUT2D eigenvalue weighted by Crippen LogP contribution is 2.40. The summed E-state index contributed by atoms with van der Waals surface area (Å²) in [7, 11) is 0. The number of benzene rings is 4. The Morgan fingerprint density at radius 1 is 0.500 bits per heavy atom. The molecule has 6 rings (SSSR count). The number of rotatable bonds is 11. The monoisotopic (exact) mass is 534 g/mol. The van der Waals surface area contributed by atoms with Crippen molar-refractivity contribution in [2.24, 2.45) is 0 Å². The van der Waals surface area contributed by atoms with Gasteiger partial charge in [-0.05, 0) is 101 Å². The van der Waals surface area contributed by atoms with Crippen LogP contribution >= 0.6 is 22.7 Å². The first-order valence-corrected chi connectivity index (χ1v) is 16.3. The molecular weight excluding hydrogens is 497 g/mol. The Hall–Kier alpha value is -2.68. The molecule has 0 saturated heterocycles. The minimum Gasteiger partial charge on any atom is -0.140 e. The molecule has 0 bridgehead atoms. The van der Waals surface area contributed by atoms with Gasteiger partial charge in [0.1, 0.15) is 0 Å². The predicted molar refractivity (Wildman–Crippen MR) is 173 cm³/mol. The molecule has 0 N–H and O–H groups in total. The average Bonchev–Trinajstić information content (AvgIpc) is 3.55. The normalized spacial score (nSPS) is 11.9. The zero-order valence-electron chi connectivity index (χ0n) is 22.8. The van der Waals surface area contributed by atoms with E-state index in [0.717, 1.165) is 0 Å². The van der Waals surface area contributed by atoms with Gasteiger partial charge in [0, 0.05) is 29.9 Å². The molecule has 0 aliphatic heterocycles. The second-order valence-electron chi connectivity index (χ2n) is 10.9. The fourth-order valence-electron chi connectivity index (χ4n) is 5.77. The van der Waals surface area contributed by atoms with E-state index in [1.165, 1.54) is 127 Å². The van der Waals surface area contributed by atoms with Crippen LogP contribution in [0.1, 0.15) is 75.7 Å². The summed E-state index contributed by atoms with van der Waals surface area (Å²) >= 11 is 3.92. The zero-order valence-corrected chi connectivity index (χ0v) is 24.4. The SMILES string of the molecule is CCCCCCc1ccc2cc3c(cc2c1)sc1cc2cc(-c4ccc(CCCCCC)s4)ccc2cc13. The second kappa shape index (κ2) is 11.6. The van der Waals surface area contributed by atoms with Gasteiger partial charge in [-0.25, -0.2) is 0 Å². The molecule has 6 aromatic rings. The third-order valence-corrected chi connectivity index (χ3v) is 10.3. The van der Waals surface area contributed by atoms with Crippen molar-refractivity contribution in [3.8, 4) is 10.4 Å². The zero-order chi connectivity index (χ0) is 25.9. The Morgan fingerprint density at radius 2 is 1.16 bits per heavy atom. The molecule has 2 heterocycles. The summed E-state index contributed by atoms with van der Waals surface area (Å²) in [4.78, 5) is 2.91. The fourth-order valence-corrected chi connectivity index (χ4v) is 7.98. The maximum atomic E-state index is 2.43. The van der Waals surface area contributed by atoms with E-state index in [1.54, 1.807) is 0 Å². The van der Waals surface area contributed by atoms with E-state index < -0.39 is 0 Å². The van der Waals surface area contributed by atoms with E-state index in [4.69, 9.17) is 0 Å².